The lowest BCUT2D eigenvalue weighted by Crippen LogP contribution is -2.28. The van der Waals surface area contributed by atoms with E-state index in [4.69, 9.17) is 10.00 Å². The number of carbonyl (C=O) groups is 1. The minimum absolute atomic E-state index is 0.0561. The van der Waals surface area contributed by atoms with E-state index in [0.29, 0.717) is 6.54 Å². The van der Waals surface area contributed by atoms with Crippen LogP contribution in [0.15, 0.2) is 24.3 Å². The lowest BCUT2D eigenvalue weighted by molar-refractivity contribution is -0.385. The first-order valence-corrected chi connectivity index (χ1v) is 6.03. The Morgan fingerprint density at radius 2 is 2.20 bits per heavy atom. The van der Waals surface area contributed by atoms with Crippen molar-refractivity contribution in [2.45, 2.75) is 12.8 Å². The van der Waals surface area contributed by atoms with Crippen LogP contribution in [-0.4, -0.2) is 35.9 Å². The molecule has 0 unspecified atom stereocenters. The third-order valence-corrected chi connectivity index (χ3v) is 2.62. The number of hydrogen-bond acceptors (Lipinski definition) is 5. The zero-order chi connectivity index (χ0) is 15.0. The molecule has 0 saturated carbocycles. The van der Waals surface area contributed by atoms with Crippen molar-refractivity contribution < 1.29 is 14.5 Å². The summed E-state index contributed by atoms with van der Waals surface area (Å²) in [5.41, 5.74) is -0.127. The van der Waals surface area contributed by atoms with Gasteiger partial charge in [0, 0.05) is 19.7 Å². The Bertz CT molecular complexity index is 525. The lowest BCUT2D eigenvalue weighted by atomic mass is 10.3. The SMILES string of the molecule is CN(CCC#N)C(=O)CCOc1ccccc1[N+](=O)[O-]. The summed E-state index contributed by atoms with van der Waals surface area (Å²) in [6.07, 6.45) is 0.376. The Labute approximate surface area is 116 Å². The summed E-state index contributed by atoms with van der Waals surface area (Å²) in [6, 6.07) is 7.96. The first-order valence-electron chi connectivity index (χ1n) is 6.03. The number of nitro groups is 1. The van der Waals surface area contributed by atoms with E-state index in [-0.39, 0.29) is 36.8 Å². The highest BCUT2D eigenvalue weighted by Gasteiger charge is 2.14. The Morgan fingerprint density at radius 3 is 2.85 bits per heavy atom. The van der Waals surface area contributed by atoms with Gasteiger partial charge in [-0.1, -0.05) is 12.1 Å². The van der Waals surface area contributed by atoms with E-state index in [1.54, 1.807) is 19.2 Å². The molecule has 0 radical (unpaired) electrons. The van der Waals surface area contributed by atoms with Crippen molar-refractivity contribution in [3.05, 3.63) is 34.4 Å². The number of amides is 1. The number of benzene rings is 1. The van der Waals surface area contributed by atoms with Crippen LogP contribution in [0.1, 0.15) is 12.8 Å². The molecule has 0 saturated heterocycles. The van der Waals surface area contributed by atoms with E-state index in [2.05, 4.69) is 0 Å². The summed E-state index contributed by atoms with van der Waals surface area (Å²) in [5, 5.41) is 19.2. The summed E-state index contributed by atoms with van der Waals surface area (Å²) in [5.74, 6) is -0.0242. The molecule has 0 bridgehead atoms. The molecule has 106 valence electrons. The molecule has 0 heterocycles. The molecule has 0 aliphatic rings. The maximum absolute atomic E-state index is 11.7. The maximum atomic E-state index is 11.7. The van der Waals surface area contributed by atoms with Crippen LogP contribution in [0, 0.1) is 21.4 Å². The van der Waals surface area contributed by atoms with Crippen molar-refractivity contribution in [3.8, 4) is 11.8 Å². The van der Waals surface area contributed by atoms with E-state index < -0.39 is 4.92 Å². The van der Waals surface area contributed by atoms with E-state index in [1.165, 1.54) is 17.0 Å². The average molecular weight is 277 g/mol. The number of carbonyl (C=O) groups excluding carboxylic acids is 1. The lowest BCUT2D eigenvalue weighted by Gasteiger charge is -2.15. The zero-order valence-electron chi connectivity index (χ0n) is 11.1. The third kappa shape index (κ3) is 4.57. The summed E-state index contributed by atoms with van der Waals surface area (Å²) in [7, 11) is 1.60. The molecule has 0 fully saturated rings. The molecule has 20 heavy (non-hydrogen) atoms. The highest BCUT2D eigenvalue weighted by atomic mass is 16.6. The van der Waals surface area contributed by atoms with Crippen LogP contribution in [0.2, 0.25) is 0 Å². The second kappa shape index (κ2) is 7.74. The summed E-state index contributed by atoms with van der Waals surface area (Å²) in [4.78, 5) is 23.3. The van der Waals surface area contributed by atoms with Gasteiger partial charge in [0.25, 0.3) is 0 Å². The summed E-state index contributed by atoms with van der Waals surface area (Å²) in [6.45, 7) is 0.418. The van der Waals surface area contributed by atoms with Gasteiger partial charge in [0.15, 0.2) is 5.75 Å². The summed E-state index contributed by atoms with van der Waals surface area (Å²) < 4.78 is 5.27. The fourth-order valence-electron chi connectivity index (χ4n) is 1.51. The van der Waals surface area contributed by atoms with Gasteiger partial charge < -0.3 is 9.64 Å². The van der Waals surface area contributed by atoms with E-state index >= 15 is 0 Å². The molecule has 0 N–H and O–H groups in total. The second-order valence-corrected chi connectivity index (χ2v) is 4.05. The van der Waals surface area contributed by atoms with E-state index in [0.717, 1.165) is 0 Å². The van der Waals surface area contributed by atoms with Gasteiger partial charge >= 0.3 is 5.69 Å². The van der Waals surface area contributed by atoms with Crippen LogP contribution in [0.3, 0.4) is 0 Å². The van der Waals surface area contributed by atoms with E-state index in [9.17, 15) is 14.9 Å². The number of nitrogens with zero attached hydrogens (tertiary/aromatic N) is 3. The van der Waals surface area contributed by atoms with Crippen LogP contribution in [-0.2, 0) is 4.79 Å². The molecule has 7 nitrogen and oxygen atoms in total. The molecule has 1 amide bonds. The predicted molar refractivity (Wildman–Crippen MR) is 71.1 cm³/mol. The fraction of sp³-hybridized carbons (Fsp3) is 0.385. The van der Waals surface area contributed by atoms with Gasteiger partial charge in [0.1, 0.15) is 0 Å². The first kappa shape index (κ1) is 15.4. The average Bonchev–Trinajstić information content (AvgIpc) is 2.44. The van der Waals surface area contributed by atoms with Gasteiger partial charge in [0.05, 0.1) is 30.4 Å². The zero-order valence-corrected chi connectivity index (χ0v) is 11.1. The van der Waals surface area contributed by atoms with Gasteiger partial charge in [-0.2, -0.15) is 5.26 Å². The highest BCUT2D eigenvalue weighted by Crippen LogP contribution is 2.25. The fourth-order valence-corrected chi connectivity index (χ4v) is 1.51. The van der Waals surface area contributed by atoms with Gasteiger partial charge in [-0.05, 0) is 6.07 Å². The van der Waals surface area contributed by atoms with Gasteiger partial charge in [0.2, 0.25) is 5.91 Å². The molecule has 1 rings (SSSR count). The van der Waals surface area contributed by atoms with Crippen molar-refractivity contribution in [3.63, 3.8) is 0 Å². The summed E-state index contributed by atoms with van der Waals surface area (Å²) >= 11 is 0. The molecule has 7 heteroatoms. The van der Waals surface area contributed by atoms with Crippen molar-refractivity contribution in [1.29, 1.82) is 5.26 Å². The Balaban J connectivity index is 2.47. The van der Waals surface area contributed by atoms with Crippen LogP contribution in [0.4, 0.5) is 5.69 Å². The largest absolute Gasteiger partial charge is 0.486 e. The minimum atomic E-state index is -0.532. The molecule has 0 aromatic heterocycles. The minimum Gasteiger partial charge on any atom is -0.486 e. The molecule has 1 aromatic rings. The van der Waals surface area contributed by atoms with Crippen molar-refractivity contribution in [2.24, 2.45) is 0 Å². The molecule has 0 aliphatic carbocycles. The molecule has 0 aliphatic heterocycles. The standard InChI is InChI=1S/C13H15N3O4/c1-15(9-4-8-14)13(17)7-10-20-12-6-3-2-5-11(12)16(18)19/h2-3,5-6H,4,7,9-10H2,1H3. The molecular formula is C13H15N3O4. The highest BCUT2D eigenvalue weighted by molar-refractivity contribution is 5.76. The van der Waals surface area contributed by atoms with Crippen molar-refractivity contribution in [2.75, 3.05) is 20.2 Å². The normalized spacial score (nSPS) is 9.60. The maximum Gasteiger partial charge on any atom is 0.310 e. The van der Waals surface area contributed by atoms with Crippen molar-refractivity contribution in [1.82, 2.24) is 4.90 Å². The Kier molecular flexibility index (Phi) is 5.97. The predicted octanol–water partition coefficient (Wildman–Crippen LogP) is 1.74. The number of nitriles is 1. The number of para-hydroxylation sites is 2. The monoisotopic (exact) mass is 277 g/mol. The van der Waals surface area contributed by atoms with E-state index in [1.807, 2.05) is 6.07 Å². The van der Waals surface area contributed by atoms with Crippen molar-refractivity contribution >= 4 is 11.6 Å². The van der Waals surface area contributed by atoms with Crippen LogP contribution in [0.5, 0.6) is 5.75 Å². The number of hydrogen-bond donors (Lipinski definition) is 0. The van der Waals surface area contributed by atoms with Crippen LogP contribution in [0.25, 0.3) is 0 Å². The Morgan fingerprint density at radius 1 is 1.50 bits per heavy atom. The molecule has 0 spiro atoms. The number of rotatable bonds is 7. The third-order valence-electron chi connectivity index (χ3n) is 2.62. The second-order valence-electron chi connectivity index (χ2n) is 4.05. The molecule has 0 atom stereocenters. The molecular weight excluding hydrogens is 262 g/mol. The first-order chi connectivity index (χ1) is 9.56. The van der Waals surface area contributed by atoms with Crippen LogP contribution < -0.4 is 4.74 Å². The Hall–Kier alpha value is -2.62. The van der Waals surface area contributed by atoms with Gasteiger partial charge in [-0.3, -0.25) is 14.9 Å². The number of ether oxygens (including phenoxy) is 1. The van der Waals surface area contributed by atoms with Gasteiger partial charge in [-0.25, -0.2) is 0 Å². The smallest absolute Gasteiger partial charge is 0.310 e. The number of nitro benzene ring substituents is 1. The van der Waals surface area contributed by atoms with Crippen LogP contribution >= 0.6 is 0 Å². The molecule has 1 aromatic carbocycles. The van der Waals surface area contributed by atoms with Gasteiger partial charge in [-0.15, -0.1) is 0 Å². The topological polar surface area (TPSA) is 96.5 Å². The quantitative estimate of drug-likeness (QED) is 0.558.